The van der Waals surface area contributed by atoms with Gasteiger partial charge < -0.3 is 11.5 Å². The average Bonchev–Trinajstić information content (AvgIpc) is 3.11. The van der Waals surface area contributed by atoms with Crippen molar-refractivity contribution in [3.05, 3.63) is 107 Å². The summed E-state index contributed by atoms with van der Waals surface area (Å²) < 4.78 is 100.0. The van der Waals surface area contributed by atoms with Crippen LogP contribution in [0.3, 0.4) is 0 Å². The van der Waals surface area contributed by atoms with Crippen LogP contribution in [0.25, 0.3) is 21.5 Å². The van der Waals surface area contributed by atoms with Gasteiger partial charge in [-0.15, -0.1) is 30.7 Å². The number of azo groups is 3. The van der Waals surface area contributed by atoms with E-state index in [2.05, 4.69) is 30.7 Å². The number of hydrogen-bond acceptors (Lipinski definition) is 16. The van der Waals surface area contributed by atoms with E-state index in [9.17, 15) is 49.0 Å². The molecular formula is C32H23N9O11S3. The second-order valence-corrected chi connectivity index (χ2v) is 15.6. The number of nitrogens with zero attached hydrogens (tertiary/aromatic N) is 7. The number of benzene rings is 6. The lowest BCUT2D eigenvalue weighted by Crippen LogP contribution is -2.02. The summed E-state index contributed by atoms with van der Waals surface area (Å²) in [7, 11) is -14.3. The van der Waals surface area contributed by atoms with E-state index in [1.54, 1.807) is 24.3 Å². The second-order valence-electron chi connectivity index (χ2n) is 11.3. The van der Waals surface area contributed by atoms with Gasteiger partial charge in [0.1, 0.15) is 22.0 Å². The normalized spacial score (nSPS) is 12.8. The van der Waals surface area contributed by atoms with Gasteiger partial charge >= 0.3 is 0 Å². The molecule has 0 bridgehead atoms. The highest BCUT2D eigenvalue weighted by Gasteiger charge is 2.21. The fourth-order valence-corrected chi connectivity index (χ4v) is 6.82. The van der Waals surface area contributed by atoms with Crippen molar-refractivity contribution < 1.29 is 43.8 Å². The zero-order valence-electron chi connectivity index (χ0n) is 27.4. The maximum absolute atomic E-state index is 12.0. The lowest BCUT2D eigenvalue weighted by molar-refractivity contribution is -0.383. The third kappa shape index (κ3) is 8.15. The van der Waals surface area contributed by atoms with Crippen molar-refractivity contribution in [1.29, 1.82) is 0 Å². The molecule has 0 atom stereocenters. The van der Waals surface area contributed by atoms with Crippen LogP contribution >= 0.6 is 0 Å². The Kier molecular flexibility index (Phi) is 9.91. The average molecular weight is 806 g/mol. The topological polar surface area (TPSA) is 332 Å². The number of fused-ring (bicyclic) bond motifs is 2. The van der Waals surface area contributed by atoms with Crippen molar-refractivity contribution in [2.24, 2.45) is 30.7 Å². The maximum atomic E-state index is 12.0. The summed E-state index contributed by atoms with van der Waals surface area (Å²) in [4.78, 5) is 8.72. The highest BCUT2D eigenvalue weighted by molar-refractivity contribution is 7.86. The molecule has 0 heterocycles. The molecule has 6 aromatic rings. The molecule has 0 amide bonds. The Balaban J connectivity index is 1.41. The summed E-state index contributed by atoms with van der Waals surface area (Å²) in [5.41, 5.74) is 11.0. The van der Waals surface area contributed by atoms with E-state index in [0.29, 0.717) is 21.8 Å². The number of rotatable bonds is 10. The van der Waals surface area contributed by atoms with Crippen LogP contribution < -0.4 is 11.5 Å². The van der Waals surface area contributed by atoms with E-state index in [1.807, 2.05) is 0 Å². The Morgan fingerprint density at radius 2 is 0.909 bits per heavy atom. The summed E-state index contributed by atoms with van der Waals surface area (Å²) in [6, 6.07) is 20.5. The molecule has 0 unspecified atom stereocenters. The van der Waals surface area contributed by atoms with Gasteiger partial charge in [0, 0.05) is 27.6 Å². The molecule has 6 aromatic carbocycles. The van der Waals surface area contributed by atoms with Gasteiger partial charge in [-0.05, 0) is 60.7 Å². The minimum atomic E-state index is -4.88. The van der Waals surface area contributed by atoms with Crippen LogP contribution in [0.5, 0.6) is 0 Å². The monoisotopic (exact) mass is 805 g/mol. The van der Waals surface area contributed by atoms with Crippen LogP contribution in [-0.4, -0.2) is 43.8 Å². The zero-order chi connectivity index (χ0) is 39.9. The van der Waals surface area contributed by atoms with Gasteiger partial charge in [0.15, 0.2) is 0 Å². The predicted octanol–water partition coefficient (Wildman–Crippen LogP) is 8.05. The molecule has 6 rings (SSSR count). The van der Waals surface area contributed by atoms with Gasteiger partial charge in [0.05, 0.1) is 43.2 Å². The molecule has 0 aliphatic heterocycles. The van der Waals surface area contributed by atoms with Gasteiger partial charge in [0.25, 0.3) is 36.0 Å². The molecule has 0 aliphatic carbocycles. The first-order chi connectivity index (χ1) is 25.8. The van der Waals surface area contributed by atoms with Crippen LogP contribution in [0.4, 0.5) is 51.2 Å². The highest BCUT2D eigenvalue weighted by atomic mass is 32.2. The minimum Gasteiger partial charge on any atom is -0.397 e. The fraction of sp³-hybridized carbons (Fsp3) is 0. The Hall–Kier alpha value is -6.63. The summed E-state index contributed by atoms with van der Waals surface area (Å²) in [6.45, 7) is 0. The SMILES string of the molecule is Nc1cc(N)c([N+](=O)[O-])cc1/N=N/c1ccc(/N=N/c2ccc(/N=N/c3cc(S(=O)(=O)O)ccc3S(=O)(=O)O)c3ccccc23)c2ccc(S(=O)(=O)O)cc12. The number of nitro benzene ring substituents is 1. The number of nitrogens with two attached hydrogens (primary N) is 2. The van der Waals surface area contributed by atoms with Crippen molar-refractivity contribution >= 4 is 103 Å². The summed E-state index contributed by atoms with van der Waals surface area (Å²) >= 11 is 0. The molecule has 0 radical (unpaired) electrons. The molecule has 0 saturated carbocycles. The molecule has 280 valence electrons. The van der Waals surface area contributed by atoms with E-state index < -0.39 is 61.3 Å². The molecule has 0 fully saturated rings. The number of hydrogen-bond donors (Lipinski definition) is 5. The van der Waals surface area contributed by atoms with Gasteiger partial charge in [-0.3, -0.25) is 23.8 Å². The largest absolute Gasteiger partial charge is 0.397 e. The zero-order valence-corrected chi connectivity index (χ0v) is 29.8. The quantitative estimate of drug-likeness (QED) is 0.0288. The van der Waals surface area contributed by atoms with Crippen molar-refractivity contribution in [2.75, 3.05) is 11.5 Å². The number of nitro groups is 1. The number of nitrogen functional groups attached to an aromatic ring is 2. The third-order valence-electron chi connectivity index (χ3n) is 7.79. The van der Waals surface area contributed by atoms with Gasteiger partial charge in [-0.1, -0.05) is 30.3 Å². The van der Waals surface area contributed by atoms with Gasteiger partial charge in [0.2, 0.25) is 0 Å². The van der Waals surface area contributed by atoms with E-state index in [-0.39, 0.29) is 39.5 Å². The van der Waals surface area contributed by atoms with Gasteiger partial charge in [-0.25, -0.2) is 0 Å². The van der Waals surface area contributed by atoms with Crippen LogP contribution in [0, 0.1) is 10.1 Å². The first kappa shape index (κ1) is 38.1. The van der Waals surface area contributed by atoms with E-state index in [4.69, 9.17) is 11.5 Å². The Morgan fingerprint density at radius 1 is 0.473 bits per heavy atom. The Morgan fingerprint density at radius 3 is 1.40 bits per heavy atom. The molecule has 0 aromatic heterocycles. The van der Waals surface area contributed by atoms with Crippen molar-refractivity contribution in [2.45, 2.75) is 14.7 Å². The van der Waals surface area contributed by atoms with Crippen molar-refractivity contribution in [3.63, 3.8) is 0 Å². The van der Waals surface area contributed by atoms with Gasteiger partial charge in [-0.2, -0.15) is 25.3 Å². The molecule has 0 saturated heterocycles. The first-order valence-corrected chi connectivity index (χ1v) is 19.4. The first-order valence-electron chi connectivity index (χ1n) is 15.0. The lowest BCUT2D eigenvalue weighted by atomic mass is 10.1. The van der Waals surface area contributed by atoms with Crippen LogP contribution in [0.2, 0.25) is 0 Å². The minimum absolute atomic E-state index is 0.0193. The smallest absolute Gasteiger partial charge is 0.296 e. The molecule has 7 N–H and O–H groups in total. The molecule has 20 nitrogen and oxygen atoms in total. The highest BCUT2D eigenvalue weighted by Crippen LogP contribution is 2.40. The molecule has 55 heavy (non-hydrogen) atoms. The van der Waals surface area contributed by atoms with Crippen molar-refractivity contribution in [1.82, 2.24) is 0 Å². The molecule has 23 heteroatoms. The summed E-state index contributed by atoms with van der Waals surface area (Å²) in [6.07, 6.45) is 0. The van der Waals surface area contributed by atoms with Crippen LogP contribution in [0.15, 0.2) is 142 Å². The predicted molar refractivity (Wildman–Crippen MR) is 198 cm³/mol. The Bertz CT molecular complexity index is 3030. The summed E-state index contributed by atoms with van der Waals surface area (Å²) in [5.74, 6) is 0. The fourth-order valence-electron chi connectivity index (χ4n) is 5.21. The van der Waals surface area contributed by atoms with E-state index in [1.165, 1.54) is 30.3 Å². The molecule has 0 aliphatic rings. The number of anilines is 2. The standard InChI is InChI=1S/C32H23N9O11S3/c33-23-15-24(34)31(41(42)43)16-29(23)39-38-28-11-10-27(21-7-5-17(13-22(21)28)53(44,45)46)36-35-25-8-9-26(20-4-2-1-3-19(20)25)37-40-30-14-18(54(47,48)49)6-12-32(30)55(50,51)52/h1-16H,33-34H2,(H,44,45,46)(H,47,48,49)(H,50,51,52)/b36-35+,39-38+,40-37+. The Labute approximate surface area is 310 Å². The van der Waals surface area contributed by atoms with Crippen molar-refractivity contribution in [3.8, 4) is 0 Å². The molecule has 0 spiro atoms. The van der Waals surface area contributed by atoms with E-state index >= 15 is 0 Å². The van der Waals surface area contributed by atoms with Crippen LogP contribution in [0.1, 0.15) is 0 Å². The maximum Gasteiger partial charge on any atom is 0.296 e. The summed E-state index contributed by atoms with van der Waals surface area (Å²) in [5, 5.41) is 37.5. The van der Waals surface area contributed by atoms with Crippen LogP contribution in [-0.2, 0) is 30.4 Å². The lowest BCUT2D eigenvalue weighted by Gasteiger charge is -2.08. The second kappa shape index (κ2) is 14.3. The molecular weight excluding hydrogens is 783 g/mol. The third-order valence-corrected chi connectivity index (χ3v) is 10.4. The van der Waals surface area contributed by atoms with E-state index in [0.717, 1.165) is 42.5 Å².